The maximum atomic E-state index is 14.8. The highest BCUT2D eigenvalue weighted by Gasteiger charge is 2.29. The molecular formula is C23H31F2N3O3S. The van der Waals surface area contributed by atoms with E-state index in [1.807, 2.05) is 13.8 Å². The zero-order chi connectivity index (χ0) is 23.7. The Morgan fingerprint density at radius 2 is 1.59 bits per heavy atom. The minimum Gasteiger partial charge on any atom is -0.379 e. The summed E-state index contributed by atoms with van der Waals surface area (Å²) >= 11 is 0. The molecule has 2 aromatic carbocycles. The number of ether oxygens (including phenoxy) is 1. The average molecular weight is 468 g/mol. The summed E-state index contributed by atoms with van der Waals surface area (Å²) in [5.41, 5.74) is 1.53. The molecule has 0 spiro atoms. The third-order valence-corrected chi connectivity index (χ3v) is 7.43. The van der Waals surface area contributed by atoms with Crippen molar-refractivity contribution in [2.75, 3.05) is 28.0 Å². The lowest BCUT2D eigenvalue weighted by Crippen LogP contribution is -2.45. The van der Waals surface area contributed by atoms with Crippen molar-refractivity contribution in [3.63, 3.8) is 0 Å². The number of morpholine rings is 1. The number of benzene rings is 2. The fraction of sp³-hybridized carbons (Fsp3) is 0.478. The first-order valence-electron chi connectivity index (χ1n) is 10.6. The second kappa shape index (κ2) is 9.23. The smallest absolute Gasteiger partial charge is 0.237 e. The van der Waals surface area contributed by atoms with Gasteiger partial charge in [-0.15, -0.1) is 0 Å². The molecule has 1 heterocycles. The molecule has 2 N–H and O–H groups in total. The molecule has 2 atom stereocenters. The van der Waals surface area contributed by atoms with E-state index in [9.17, 15) is 17.2 Å². The largest absolute Gasteiger partial charge is 0.379 e. The Labute approximate surface area is 189 Å². The number of nitrogens with zero attached hydrogens (tertiary/aromatic N) is 1. The molecule has 32 heavy (non-hydrogen) atoms. The third kappa shape index (κ3) is 5.50. The van der Waals surface area contributed by atoms with E-state index >= 15 is 0 Å². The van der Waals surface area contributed by atoms with Crippen molar-refractivity contribution in [2.45, 2.75) is 58.1 Å². The third-order valence-electron chi connectivity index (χ3n) is 5.32. The van der Waals surface area contributed by atoms with E-state index in [1.165, 1.54) is 6.07 Å². The van der Waals surface area contributed by atoms with Gasteiger partial charge in [0.15, 0.2) is 11.6 Å². The average Bonchev–Trinajstić information content (AvgIpc) is 2.68. The standard InChI is InChI=1S/C23H31F2N3O3S/c1-15-13-28(14-16(2)31-15)20-11-10-19(21(24)22(20)25)26-12-17-6-8-18(9-7-17)27-32(29,30)23(3,4)5/h6-11,15-16,26-27H,12-14H2,1-5H3/t15-,16?/m1/s1. The van der Waals surface area contributed by atoms with Crippen molar-refractivity contribution in [3.05, 3.63) is 53.6 Å². The summed E-state index contributed by atoms with van der Waals surface area (Å²) in [5.74, 6) is -1.81. The van der Waals surface area contributed by atoms with Crippen molar-refractivity contribution in [2.24, 2.45) is 0 Å². The molecule has 0 saturated carbocycles. The molecule has 0 amide bonds. The quantitative estimate of drug-likeness (QED) is 0.643. The van der Waals surface area contributed by atoms with Crippen molar-refractivity contribution in [1.82, 2.24) is 0 Å². The number of hydrogen-bond donors (Lipinski definition) is 2. The Morgan fingerprint density at radius 3 is 2.16 bits per heavy atom. The van der Waals surface area contributed by atoms with Crippen molar-refractivity contribution < 1.29 is 21.9 Å². The van der Waals surface area contributed by atoms with Crippen LogP contribution in [0.5, 0.6) is 0 Å². The van der Waals surface area contributed by atoms with E-state index in [0.717, 1.165) is 5.56 Å². The van der Waals surface area contributed by atoms with Gasteiger partial charge in [-0.2, -0.15) is 0 Å². The Bertz CT molecular complexity index is 1040. The summed E-state index contributed by atoms with van der Waals surface area (Å²) in [6, 6.07) is 9.85. The van der Waals surface area contributed by atoms with Crippen LogP contribution in [0.1, 0.15) is 40.2 Å². The van der Waals surface area contributed by atoms with Crippen LogP contribution in [0, 0.1) is 11.6 Å². The van der Waals surface area contributed by atoms with E-state index in [2.05, 4.69) is 10.0 Å². The zero-order valence-electron chi connectivity index (χ0n) is 19.1. The Hall–Kier alpha value is -2.39. The van der Waals surface area contributed by atoms with Gasteiger partial charge in [0.25, 0.3) is 0 Å². The summed E-state index contributed by atoms with van der Waals surface area (Å²) in [7, 11) is -3.52. The number of nitrogens with one attached hydrogen (secondary N) is 2. The summed E-state index contributed by atoms with van der Waals surface area (Å²) in [6.07, 6.45) is -0.121. The second-order valence-electron chi connectivity index (χ2n) is 9.19. The fourth-order valence-corrected chi connectivity index (χ4v) is 4.24. The molecule has 1 fully saturated rings. The summed E-state index contributed by atoms with van der Waals surface area (Å²) in [5, 5.41) is 2.91. The zero-order valence-corrected chi connectivity index (χ0v) is 19.9. The Balaban J connectivity index is 1.66. The van der Waals surface area contributed by atoms with E-state index in [4.69, 9.17) is 4.74 Å². The van der Waals surface area contributed by atoms with Crippen molar-refractivity contribution in [3.8, 4) is 0 Å². The molecule has 1 aliphatic heterocycles. The Kier molecular flexibility index (Phi) is 7.00. The molecule has 0 radical (unpaired) electrons. The van der Waals surface area contributed by atoms with Gasteiger partial charge >= 0.3 is 0 Å². The monoisotopic (exact) mass is 467 g/mol. The maximum absolute atomic E-state index is 14.8. The van der Waals surface area contributed by atoms with E-state index < -0.39 is 26.4 Å². The van der Waals surface area contributed by atoms with Crippen LogP contribution in [0.2, 0.25) is 0 Å². The topological polar surface area (TPSA) is 70.7 Å². The maximum Gasteiger partial charge on any atom is 0.237 e. The van der Waals surface area contributed by atoms with Crippen LogP contribution in [0.25, 0.3) is 0 Å². The first-order chi connectivity index (χ1) is 14.9. The van der Waals surface area contributed by atoms with Crippen LogP contribution in [0.3, 0.4) is 0 Å². The minimum atomic E-state index is -3.52. The van der Waals surface area contributed by atoms with Gasteiger partial charge in [0.05, 0.1) is 28.3 Å². The van der Waals surface area contributed by atoms with Crippen LogP contribution in [-0.2, 0) is 21.3 Å². The molecular weight excluding hydrogens is 436 g/mol. The molecule has 0 aromatic heterocycles. The highest BCUT2D eigenvalue weighted by atomic mass is 32.2. The predicted molar refractivity (Wildman–Crippen MR) is 125 cm³/mol. The number of rotatable bonds is 6. The van der Waals surface area contributed by atoms with Crippen LogP contribution < -0.4 is 14.9 Å². The molecule has 0 bridgehead atoms. The van der Waals surface area contributed by atoms with Gasteiger partial charge in [0, 0.05) is 25.3 Å². The summed E-state index contributed by atoms with van der Waals surface area (Å²) < 4.78 is 61.3. The first kappa shape index (κ1) is 24.3. The SMILES string of the molecule is CC1CN(c2ccc(NCc3ccc(NS(=O)(=O)C(C)(C)C)cc3)c(F)c2F)C[C@@H](C)O1. The van der Waals surface area contributed by atoms with Crippen LogP contribution in [-0.4, -0.2) is 38.5 Å². The van der Waals surface area contributed by atoms with Crippen LogP contribution in [0.4, 0.5) is 25.8 Å². The van der Waals surface area contributed by atoms with Gasteiger partial charge in [-0.25, -0.2) is 17.2 Å². The number of hydrogen-bond acceptors (Lipinski definition) is 5. The molecule has 2 aromatic rings. The number of sulfonamides is 1. The summed E-state index contributed by atoms with van der Waals surface area (Å²) in [6.45, 7) is 9.93. The van der Waals surface area contributed by atoms with Gasteiger partial charge < -0.3 is 15.0 Å². The van der Waals surface area contributed by atoms with Gasteiger partial charge in [-0.1, -0.05) is 12.1 Å². The Morgan fingerprint density at radius 1 is 1.00 bits per heavy atom. The molecule has 1 unspecified atom stereocenters. The molecule has 1 aliphatic rings. The molecule has 0 aliphatic carbocycles. The number of halogens is 2. The molecule has 9 heteroatoms. The highest BCUT2D eigenvalue weighted by molar-refractivity contribution is 7.94. The molecule has 6 nitrogen and oxygen atoms in total. The molecule has 1 saturated heterocycles. The minimum absolute atomic E-state index is 0.0603. The predicted octanol–water partition coefficient (Wildman–Crippen LogP) is 4.73. The lowest BCUT2D eigenvalue weighted by Gasteiger charge is -2.37. The number of anilines is 3. The van der Waals surface area contributed by atoms with Crippen LogP contribution in [0.15, 0.2) is 36.4 Å². The lowest BCUT2D eigenvalue weighted by molar-refractivity contribution is -0.00542. The van der Waals surface area contributed by atoms with E-state index in [0.29, 0.717) is 18.8 Å². The van der Waals surface area contributed by atoms with Crippen molar-refractivity contribution >= 4 is 27.1 Å². The van der Waals surface area contributed by atoms with Gasteiger partial charge in [-0.05, 0) is 64.4 Å². The normalized spacial score (nSPS) is 19.7. The second-order valence-corrected chi connectivity index (χ2v) is 11.6. The van der Waals surface area contributed by atoms with Gasteiger partial charge in [0.1, 0.15) is 0 Å². The van der Waals surface area contributed by atoms with E-state index in [1.54, 1.807) is 56.0 Å². The first-order valence-corrected chi connectivity index (χ1v) is 12.1. The van der Waals surface area contributed by atoms with Crippen LogP contribution >= 0.6 is 0 Å². The molecule has 3 rings (SSSR count). The van der Waals surface area contributed by atoms with Gasteiger partial charge in [-0.3, -0.25) is 4.72 Å². The molecule has 176 valence electrons. The van der Waals surface area contributed by atoms with Gasteiger partial charge in [0.2, 0.25) is 10.0 Å². The highest BCUT2D eigenvalue weighted by Crippen LogP contribution is 2.29. The fourth-order valence-electron chi connectivity index (χ4n) is 3.49. The van der Waals surface area contributed by atoms with Crippen molar-refractivity contribution in [1.29, 1.82) is 0 Å². The lowest BCUT2D eigenvalue weighted by atomic mass is 10.1. The summed E-state index contributed by atoms with van der Waals surface area (Å²) in [4.78, 5) is 1.80. The van der Waals surface area contributed by atoms with E-state index in [-0.39, 0.29) is 30.1 Å².